The van der Waals surface area contributed by atoms with Gasteiger partial charge in [0, 0.05) is 6.42 Å². The van der Waals surface area contributed by atoms with Crippen molar-refractivity contribution in [3.05, 3.63) is 0 Å². The average molecular weight is 251 g/mol. The molecule has 0 fully saturated rings. The number of carbonyl (C=O) groups is 1. The van der Waals surface area contributed by atoms with Crippen LogP contribution in [0.25, 0.3) is 0 Å². The summed E-state index contributed by atoms with van der Waals surface area (Å²) in [6.45, 7) is 19.8. The van der Waals surface area contributed by atoms with E-state index in [0.29, 0.717) is 17.8 Å². The van der Waals surface area contributed by atoms with Crippen molar-refractivity contribution < 1.29 is 4.79 Å². The Bertz CT molecular complexity index is 278. The molecule has 1 atom stereocenters. The van der Waals surface area contributed by atoms with Crippen LogP contribution in [0.2, 0.25) is 5.31 Å². The molecule has 0 aromatic rings. The maximum atomic E-state index is 12.0. The van der Waals surface area contributed by atoms with E-state index in [9.17, 15) is 4.79 Å². The smallest absolute Gasteiger partial charge is 0.208 e. The van der Waals surface area contributed by atoms with Crippen molar-refractivity contribution in [2.45, 2.75) is 80.5 Å². The summed E-state index contributed by atoms with van der Waals surface area (Å²) in [4.78, 5) is 12.0. The maximum Gasteiger partial charge on any atom is 0.208 e. The van der Waals surface area contributed by atoms with Crippen molar-refractivity contribution in [2.75, 3.05) is 0 Å². The second kappa shape index (κ2) is 5.80. The molecule has 0 N–H and O–H groups in total. The van der Waals surface area contributed by atoms with Crippen molar-refractivity contribution in [1.82, 2.24) is 0 Å². The molecule has 0 bridgehead atoms. The van der Waals surface area contributed by atoms with Crippen molar-refractivity contribution in [1.29, 1.82) is 0 Å². The summed E-state index contributed by atoms with van der Waals surface area (Å²) in [6, 6.07) is 0. The van der Waals surface area contributed by atoms with Crippen LogP contribution in [-0.2, 0) is 4.79 Å². The third-order valence-corrected chi connectivity index (χ3v) is 3.57. The average Bonchev–Trinajstić information content (AvgIpc) is 1.94. The zero-order chi connectivity index (χ0) is 14.8. The van der Waals surface area contributed by atoms with Crippen molar-refractivity contribution >= 4 is 13.0 Å². The zero-order valence-corrected chi connectivity index (χ0v) is 14.0. The van der Waals surface area contributed by atoms with Crippen LogP contribution in [0.5, 0.6) is 0 Å². The highest BCUT2D eigenvalue weighted by Gasteiger charge is 2.31. The summed E-state index contributed by atoms with van der Waals surface area (Å²) in [5, 5.41) is -0.00493. The van der Waals surface area contributed by atoms with Gasteiger partial charge in [0.1, 0.15) is 0 Å². The highest BCUT2D eigenvalue weighted by molar-refractivity contribution is 6.76. The van der Waals surface area contributed by atoms with Gasteiger partial charge in [-0.25, -0.2) is 0 Å². The molecule has 1 unspecified atom stereocenters. The molecule has 0 amide bonds. The molecule has 0 spiro atoms. The minimum atomic E-state index is -0.00493. The van der Waals surface area contributed by atoms with E-state index >= 15 is 0 Å². The van der Waals surface area contributed by atoms with Gasteiger partial charge in [-0.15, -0.1) is 0 Å². The minimum absolute atomic E-state index is 0.00493. The molecule has 0 aliphatic carbocycles. The number of hydrogen-bond acceptors (Lipinski definition) is 1. The second-order valence-electron chi connectivity index (χ2n) is 8.81. The Hall–Kier alpha value is -0.265. The number of carbonyl (C=O) groups excluding carboxylic acids is 1. The molecule has 0 heterocycles. The van der Waals surface area contributed by atoms with E-state index in [1.54, 1.807) is 0 Å². The van der Waals surface area contributed by atoms with E-state index in [4.69, 9.17) is 0 Å². The predicted molar refractivity (Wildman–Crippen MR) is 82.1 cm³/mol. The van der Waals surface area contributed by atoms with Gasteiger partial charge in [-0.2, -0.15) is 0 Å². The standard InChI is InChI=1S/C16H32BO/c1-12(15(5,6)7)10-16(8,9)17-13(18)11-14(2,3)4/h12H,10-11H2,1-9H3. The normalized spacial score (nSPS) is 15.4. The lowest BCUT2D eigenvalue weighted by Crippen LogP contribution is -2.30. The quantitative estimate of drug-likeness (QED) is 0.633. The van der Waals surface area contributed by atoms with Crippen LogP contribution >= 0.6 is 0 Å². The van der Waals surface area contributed by atoms with E-state index in [2.05, 4.69) is 62.3 Å². The highest BCUT2D eigenvalue weighted by atomic mass is 16.1. The van der Waals surface area contributed by atoms with Crippen LogP contribution in [0.4, 0.5) is 0 Å². The third-order valence-electron chi connectivity index (χ3n) is 3.57. The monoisotopic (exact) mass is 251 g/mol. The first kappa shape index (κ1) is 17.7. The molecule has 105 valence electrons. The van der Waals surface area contributed by atoms with Crippen molar-refractivity contribution in [3.63, 3.8) is 0 Å². The summed E-state index contributed by atoms with van der Waals surface area (Å²) in [5.74, 6) is 0.603. The summed E-state index contributed by atoms with van der Waals surface area (Å²) in [7, 11) is 1.94. The van der Waals surface area contributed by atoms with Crippen molar-refractivity contribution in [2.24, 2.45) is 16.7 Å². The van der Waals surface area contributed by atoms with Crippen LogP contribution in [0.3, 0.4) is 0 Å². The molecule has 2 heteroatoms. The van der Waals surface area contributed by atoms with Gasteiger partial charge in [0.05, 0.1) is 5.68 Å². The fraction of sp³-hybridized carbons (Fsp3) is 0.938. The molecule has 0 saturated carbocycles. The van der Waals surface area contributed by atoms with Crippen LogP contribution in [0.15, 0.2) is 0 Å². The van der Waals surface area contributed by atoms with E-state index in [0.717, 1.165) is 6.42 Å². The molecular weight excluding hydrogens is 219 g/mol. The largest absolute Gasteiger partial charge is 0.312 e. The summed E-state index contributed by atoms with van der Waals surface area (Å²) in [6.07, 6.45) is 1.70. The van der Waals surface area contributed by atoms with Gasteiger partial charge in [0.25, 0.3) is 0 Å². The molecule has 1 radical (unpaired) electrons. The van der Waals surface area contributed by atoms with E-state index in [1.165, 1.54) is 0 Å². The molecule has 0 aromatic carbocycles. The zero-order valence-electron chi connectivity index (χ0n) is 14.0. The molecule has 0 aromatic heterocycles. The molecule has 1 nitrogen and oxygen atoms in total. The van der Waals surface area contributed by atoms with Gasteiger partial charge in [-0.05, 0) is 16.7 Å². The molecule has 18 heavy (non-hydrogen) atoms. The lowest BCUT2D eigenvalue weighted by molar-refractivity contribution is -0.113. The van der Waals surface area contributed by atoms with E-state index in [1.807, 2.05) is 7.28 Å². The Kier molecular flexibility index (Phi) is 5.71. The molecule has 0 rings (SSSR count). The topological polar surface area (TPSA) is 17.1 Å². The first-order valence-electron chi connectivity index (χ1n) is 7.12. The Labute approximate surface area is 115 Å². The van der Waals surface area contributed by atoms with E-state index < -0.39 is 0 Å². The highest BCUT2D eigenvalue weighted by Crippen LogP contribution is 2.39. The fourth-order valence-corrected chi connectivity index (χ4v) is 2.16. The van der Waals surface area contributed by atoms with Gasteiger partial charge in [0.2, 0.25) is 7.28 Å². The van der Waals surface area contributed by atoms with Crippen LogP contribution < -0.4 is 0 Å². The fourth-order valence-electron chi connectivity index (χ4n) is 2.16. The first-order valence-corrected chi connectivity index (χ1v) is 7.12. The summed E-state index contributed by atoms with van der Waals surface area (Å²) >= 11 is 0. The number of hydrogen-bond donors (Lipinski definition) is 0. The number of rotatable bonds is 5. The Balaban J connectivity index is 4.44. The SMILES string of the molecule is CC(CC(C)(C)[B]C(=O)CC(C)(C)C)C(C)(C)C. The lowest BCUT2D eigenvalue weighted by Gasteiger charge is -2.34. The first-order chi connectivity index (χ1) is 7.73. The summed E-state index contributed by atoms with van der Waals surface area (Å²) < 4.78 is 0. The van der Waals surface area contributed by atoms with Gasteiger partial charge >= 0.3 is 0 Å². The maximum absolute atomic E-state index is 12.0. The Morgan fingerprint density at radius 2 is 1.44 bits per heavy atom. The Morgan fingerprint density at radius 3 is 1.78 bits per heavy atom. The molecular formula is C16H32BO. The Morgan fingerprint density at radius 1 is 1.00 bits per heavy atom. The molecule has 0 aliphatic rings. The van der Waals surface area contributed by atoms with Gasteiger partial charge < -0.3 is 4.79 Å². The van der Waals surface area contributed by atoms with Crippen LogP contribution in [0, 0.1) is 16.7 Å². The van der Waals surface area contributed by atoms with Crippen molar-refractivity contribution in [3.8, 4) is 0 Å². The third kappa shape index (κ3) is 7.95. The van der Waals surface area contributed by atoms with Gasteiger partial charge in [-0.1, -0.05) is 74.0 Å². The van der Waals surface area contributed by atoms with Crippen LogP contribution in [0.1, 0.15) is 75.2 Å². The van der Waals surface area contributed by atoms with E-state index in [-0.39, 0.29) is 16.4 Å². The molecule has 0 saturated heterocycles. The lowest BCUT2D eigenvalue weighted by atomic mass is 9.47. The van der Waals surface area contributed by atoms with Gasteiger partial charge in [0.15, 0.2) is 0 Å². The molecule has 0 aliphatic heterocycles. The predicted octanol–water partition coefficient (Wildman–Crippen LogP) is 4.92. The second-order valence-corrected chi connectivity index (χ2v) is 8.81. The summed E-state index contributed by atoms with van der Waals surface area (Å²) in [5.41, 5.74) is 0.672. The minimum Gasteiger partial charge on any atom is -0.312 e. The van der Waals surface area contributed by atoms with Gasteiger partial charge in [-0.3, -0.25) is 0 Å². The van der Waals surface area contributed by atoms with Crippen LogP contribution in [-0.4, -0.2) is 13.0 Å².